The summed E-state index contributed by atoms with van der Waals surface area (Å²) in [6.07, 6.45) is 0. The maximum Gasteiger partial charge on any atom is 0.256 e. The number of nitrogen functional groups attached to an aromatic ring is 1. The SMILES string of the molecule is Nc1cccc2c1C(=O)c1cccc(NC(=O)c3cccc4ccccc34)c1C2=O. The lowest BCUT2D eigenvalue weighted by molar-refractivity contribution is 0.0979. The fourth-order valence-electron chi connectivity index (χ4n) is 3.99. The minimum atomic E-state index is -0.348. The number of anilines is 2. The molecule has 144 valence electrons. The summed E-state index contributed by atoms with van der Waals surface area (Å²) in [5, 5.41) is 4.58. The third-order valence-electron chi connectivity index (χ3n) is 5.39. The lowest BCUT2D eigenvalue weighted by Crippen LogP contribution is -2.25. The molecule has 1 aliphatic carbocycles. The number of rotatable bonds is 2. The predicted octanol–water partition coefficient (Wildman–Crippen LogP) is 4.45. The number of carbonyl (C=O) groups is 3. The van der Waals surface area contributed by atoms with E-state index in [1.807, 2.05) is 36.4 Å². The maximum atomic E-state index is 13.2. The molecule has 1 amide bonds. The van der Waals surface area contributed by atoms with Gasteiger partial charge in [-0.15, -0.1) is 0 Å². The Morgan fingerprint density at radius 1 is 0.700 bits per heavy atom. The van der Waals surface area contributed by atoms with Gasteiger partial charge in [0.25, 0.3) is 5.91 Å². The highest BCUT2D eigenvalue weighted by molar-refractivity contribution is 6.32. The smallest absolute Gasteiger partial charge is 0.256 e. The highest BCUT2D eigenvalue weighted by Gasteiger charge is 2.33. The number of carbonyl (C=O) groups excluding carboxylic acids is 3. The van der Waals surface area contributed by atoms with E-state index in [2.05, 4.69) is 5.32 Å². The molecule has 0 atom stereocenters. The van der Waals surface area contributed by atoms with E-state index in [1.54, 1.807) is 42.5 Å². The van der Waals surface area contributed by atoms with Gasteiger partial charge in [0.2, 0.25) is 0 Å². The Morgan fingerprint density at radius 2 is 1.33 bits per heavy atom. The molecule has 0 bridgehead atoms. The summed E-state index contributed by atoms with van der Waals surface area (Å²) in [5.41, 5.74) is 7.91. The van der Waals surface area contributed by atoms with E-state index in [0.717, 1.165) is 10.8 Å². The molecule has 0 radical (unpaired) electrons. The van der Waals surface area contributed by atoms with Gasteiger partial charge in [-0.05, 0) is 29.0 Å². The van der Waals surface area contributed by atoms with Crippen LogP contribution in [0.5, 0.6) is 0 Å². The minimum absolute atomic E-state index is 0.189. The van der Waals surface area contributed by atoms with Crippen molar-refractivity contribution in [3.63, 3.8) is 0 Å². The Balaban J connectivity index is 1.60. The molecular weight excluding hydrogens is 376 g/mol. The van der Waals surface area contributed by atoms with Gasteiger partial charge in [0.05, 0.1) is 16.8 Å². The van der Waals surface area contributed by atoms with Crippen molar-refractivity contribution in [1.29, 1.82) is 0 Å². The van der Waals surface area contributed by atoms with Crippen LogP contribution in [-0.4, -0.2) is 17.5 Å². The number of fused-ring (bicyclic) bond motifs is 3. The van der Waals surface area contributed by atoms with Crippen LogP contribution in [0, 0.1) is 0 Å². The fraction of sp³-hybridized carbons (Fsp3) is 0. The van der Waals surface area contributed by atoms with Gasteiger partial charge in [-0.3, -0.25) is 14.4 Å². The Kier molecular flexibility index (Phi) is 3.96. The Morgan fingerprint density at radius 3 is 2.17 bits per heavy atom. The summed E-state index contributed by atoms with van der Waals surface area (Å²) in [7, 11) is 0. The van der Waals surface area contributed by atoms with E-state index < -0.39 is 0 Å². The van der Waals surface area contributed by atoms with Crippen LogP contribution in [0.4, 0.5) is 11.4 Å². The van der Waals surface area contributed by atoms with Crippen LogP contribution >= 0.6 is 0 Å². The van der Waals surface area contributed by atoms with Crippen LogP contribution in [0.1, 0.15) is 42.2 Å². The fourth-order valence-corrected chi connectivity index (χ4v) is 3.99. The molecule has 0 unspecified atom stereocenters. The van der Waals surface area contributed by atoms with Gasteiger partial charge >= 0.3 is 0 Å². The zero-order valence-corrected chi connectivity index (χ0v) is 15.8. The van der Waals surface area contributed by atoms with E-state index in [-0.39, 0.29) is 45.4 Å². The average molecular weight is 392 g/mol. The van der Waals surface area contributed by atoms with Crippen molar-refractivity contribution in [2.24, 2.45) is 0 Å². The maximum absolute atomic E-state index is 13.2. The summed E-state index contributed by atoms with van der Waals surface area (Å²) in [5.74, 6) is -1.00. The van der Waals surface area contributed by atoms with Gasteiger partial charge in [0, 0.05) is 22.4 Å². The van der Waals surface area contributed by atoms with Gasteiger partial charge in [-0.2, -0.15) is 0 Å². The van der Waals surface area contributed by atoms with Crippen LogP contribution in [0.3, 0.4) is 0 Å². The average Bonchev–Trinajstić information content (AvgIpc) is 2.77. The molecule has 5 rings (SSSR count). The molecule has 0 saturated carbocycles. The number of ketones is 2. The standard InChI is InChI=1S/C25H16N2O3/c26-19-12-4-10-17-21(19)23(28)18-11-5-13-20(22(18)24(17)29)27-25(30)16-9-3-7-14-6-1-2-8-15(14)16/h1-13H,26H2,(H,27,30). The second-order valence-electron chi connectivity index (χ2n) is 7.14. The van der Waals surface area contributed by atoms with Gasteiger partial charge in [-0.1, -0.05) is 60.7 Å². The molecule has 4 aromatic carbocycles. The topological polar surface area (TPSA) is 89.3 Å². The lowest BCUT2D eigenvalue weighted by atomic mass is 9.82. The van der Waals surface area contributed by atoms with Crippen molar-refractivity contribution in [2.45, 2.75) is 0 Å². The second kappa shape index (κ2) is 6.67. The summed E-state index contributed by atoms with van der Waals surface area (Å²) < 4.78 is 0. The Hall–Kier alpha value is -4.25. The quantitative estimate of drug-likeness (QED) is 0.434. The predicted molar refractivity (Wildman–Crippen MR) is 116 cm³/mol. The highest BCUT2D eigenvalue weighted by atomic mass is 16.2. The molecular formula is C25H16N2O3. The molecule has 5 heteroatoms. The molecule has 0 aliphatic heterocycles. The van der Waals surface area contributed by atoms with Crippen molar-refractivity contribution < 1.29 is 14.4 Å². The first kappa shape index (κ1) is 17.8. The summed E-state index contributed by atoms with van der Waals surface area (Å²) >= 11 is 0. The van der Waals surface area contributed by atoms with Crippen molar-refractivity contribution in [2.75, 3.05) is 11.1 Å². The van der Waals surface area contributed by atoms with E-state index in [1.165, 1.54) is 0 Å². The zero-order chi connectivity index (χ0) is 20.8. The Labute approximate surface area is 172 Å². The molecule has 1 aliphatic rings. The monoisotopic (exact) mass is 392 g/mol. The van der Waals surface area contributed by atoms with Crippen molar-refractivity contribution in [3.8, 4) is 0 Å². The number of benzene rings is 4. The molecule has 0 spiro atoms. The van der Waals surface area contributed by atoms with Crippen LogP contribution in [0.15, 0.2) is 78.9 Å². The largest absolute Gasteiger partial charge is 0.398 e. The van der Waals surface area contributed by atoms with Gasteiger partial charge < -0.3 is 11.1 Å². The normalized spacial score (nSPS) is 12.4. The third kappa shape index (κ3) is 2.60. The summed E-state index contributed by atoms with van der Waals surface area (Å²) in [6, 6.07) is 22.7. The second-order valence-corrected chi connectivity index (χ2v) is 7.14. The molecule has 0 heterocycles. The van der Waals surface area contributed by atoms with Crippen molar-refractivity contribution >= 4 is 39.6 Å². The van der Waals surface area contributed by atoms with Crippen LogP contribution in [0.25, 0.3) is 10.8 Å². The first-order valence-corrected chi connectivity index (χ1v) is 9.46. The molecule has 30 heavy (non-hydrogen) atoms. The number of hydrogen-bond donors (Lipinski definition) is 2. The van der Waals surface area contributed by atoms with E-state index in [4.69, 9.17) is 5.73 Å². The molecule has 0 saturated heterocycles. The molecule has 0 aromatic heterocycles. The van der Waals surface area contributed by atoms with Gasteiger partial charge in [0.15, 0.2) is 11.6 Å². The summed E-state index contributed by atoms with van der Waals surface area (Å²) in [6.45, 7) is 0. The van der Waals surface area contributed by atoms with E-state index in [9.17, 15) is 14.4 Å². The number of amides is 1. The third-order valence-corrected chi connectivity index (χ3v) is 5.39. The van der Waals surface area contributed by atoms with Crippen LogP contribution < -0.4 is 11.1 Å². The molecule has 5 nitrogen and oxygen atoms in total. The minimum Gasteiger partial charge on any atom is -0.398 e. The van der Waals surface area contributed by atoms with E-state index in [0.29, 0.717) is 11.3 Å². The molecule has 0 fully saturated rings. The van der Waals surface area contributed by atoms with Crippen molar-refractivity contribution in [3.05, 3.63) is 107 Å². The summed E-state index contributed by atoms with van der Waals surface area (Å²) in [4.78, 5) is 39.3. The number of nitrogens with two attached hydrogens (primary N) is 1. The van der Waals surface area contributed by atoms with Gasteiger partial charge in [0.1, 0.15) is 0 Å². The lowest BCUT2D eigenvalue weighted by Gasteiger charge is -2.21. The first-order chi connectivity index (χ1) is 14.6. The number of hydrogen-bond acceptors (Lipinski definition) is 4. The van der Waals surface area contributed by atoms with Crippen LogP contribution in [0.2, 0.25) is 0 Å². The zero-order valence-electron chi connectivity index (χ0n) is 15.8. The van der Waals surface area contributed by atoms with E-state index >= 15 is 0 Å². The Bertz CT molecular complexity index is 1380. The van der Waals surface area contributed by atoms with Crippen molar-refractivity contribution in [1.82, 2.24) is 0 Å². The first-order valence-electron chi connectivity index (χ1n) is 9.46. The van der Waals surface area contributed by atoms with Crippen LogP contribution in [-0.2, 0) is 0 Å². The molecule has 3 N–H and O–H groups in total. The highest BCUT2D eigenvalue weighted by Crippen LogP contribution is 2.34. The number of nitrogens with one attached hydrogen (secondary N) is 1. The molecule has 4 aromatic rings. The van der Waals surface area contributed by atoms with Gasteiger partial charge in [-0.25, -0.2) is 0 Å².